The quantitative estimate of drug-likeness (QED) is 0.310. The first-order chi connectivity index (χ1) is 2.00. The van der Waals surface area contributed by atoms with Crippen molar-refractivity contribution in [3.8, 4) is 0 Å². The average Bonchev–Trinajstić information content (AvgIpc) is 0.722. The molecule has 0 spiro atoms. The maximum atomic E-state index is 8.74. The molecular formula is H8CaMg2O4S. The van der Waals surface area contributed by atoms with E-state index in [1.807, 2.05) is 0 Å². The van der Waals surface area contributed by atoms with Crippen molar-refractivity contribution in [3.63, 3.8) is 0 Å². The molecule has 0 saturated carbocycles. The third-order valence-corrected chi connectivity index (χ3v) is 0. The molecule has 0 bridgehead atoms. The van der Waals surface area contributed by atoms with Gasteiger partial charge in [-0.15, -0.1) is 0 Å². The van der Waals surface area contributed by atoms with Crippen LogP contribution < -0.4 is 0 Å². The Balaban J connectivity index is -0.0000000267. The van der Waals surface area contributed by atoms with Gasteiger partial charge in [0.05, 0.1) is 0 Å². The summed E-state index contributed by atoms with van der Waals surface area (Å²) < 4.78 is 31.6. The van der Waals surface area contributed by atoms with Crippen molar-refractivity contribution in [2.45, 2.75) is 0 Å². The summed E-state index contributed by atoms with van der Waals surface area (Å²) in [5, 5.41) is 0. The predicted octanol–water partition coefficient (Wildman–Crippen LogP) is -3.40. The van der Waals surface area contributed by atoms with Crippen LogP contribution in [0.5, 0.6) is 0 Å². The zero-order chi connectivity index (χ0) is 4.50. The van der Waals surface area contributed by atoms with Gasteiger partial charge in [-0.3, -0.25) is 9.11 Å². The molecule has 0 aromatic heterocycles. The van der Waals surface area contributed by atoms with Gasteiger partial charge in [0, 0.05) is 0 Å². The van der Waals surface area contributed by atoms with Gasteiger partial charge in [0.2, 0.25) is 0 Å². The molecule has 0 aliphatic rings. The van der Waals surface area contributed by atoms with Crippen LogP contribution in [0.25, 0.3) is 0 Å². The summed E-state index contributed by atoms with van der Waals surface area (Å²) in [6.07, 6.45) is 0. The van der Waals surface area contributed by atoms with E-state index in [4.69, 9.17) is 17.5 Å². The first-order valence-electron chi connectivity index (χ1n) is 0.698. The molecule has 44 valence electrons. The molecule has 0 fully saturated rings. The molecule has 0 unspecified atom stereocenters. The summed E-state index contributed by atoms with van der Waals surface area (Å²) in [4.78, 5) is 0. The van der Waals surface area contributed by atoms with Crippen LogP contribution in [0.3, 0.4) is 0 Å². The summed E-state index contributed by atoms with van der Waals surface area (Å²) in [7, 11) is -4.67. The van der Waals surface area contributed by atoms with Crippen LogP contribution in [0, 0.1) is 0 Å². The van der Waals surface area contributed by atoms with Crippen molar-refractivity contribution in [1.82, 2.24) is 0 Å². The maximum absolute atomic E-state index is 8.74. The number of hydrogen-bond donors (Lipinski definition) is 2. The van der Waals surface area contributed by atoms with E-state index in [9.17, 15) is 0 Å². The van der Waals surface area contributed by atoms with Gasteiger partial charge in [0.15, 0.2) is 0 Å². The molecule has 0 aliphatic heterocycles. The molecule has 0 rings (SSSR count). The van der Waals surface area contributed by atoms with Gasteiger partial charge < -0.3 is 0 Å². The maximum Gasteiger partial charge on any atom is 0.316 e. The Kier molecular flexibility index (Phi) is 27.1. The van der Waals surface area contributed by atoms with Crippen LogP contribution in [-0.4, -0.2) is 101 Å². The molecule has 0 aromatic rings. The minimum Gasteiger partial charge on any atom is 0.316 e. The average molecular weight is 193 g/mol. The Morgan fingerprint density at radius 2 is 1.00 bits per heavy atom. The number of hydrogen-bond acceptors (Lipinski definition) is 2. The molecule has 8 heteroatoms. The van der Waals surface area contributed by atoms with E-state index >= 15 is 0 Å². The largest absolute Gasteiger partial charge is 0.316 e. The molecule has 4 nitrogen and oxygen atoms in total. The SMILES string of the molecule is O=S(=O)(O)O.[CaH2].[MgH2].[MgH2]. The third-order valence-electron chi connectivity index (χ3n) is 0. The van der Waals surface area contributed by atoms with Crippen LogP contribution in [-0.2, 0) is 10.4 Å². The Morgan fingerprint density at radius 1 is 1.00 bits per heavy atom. The smallest absolute Gasteiger partial charge is 0.316 e. The monoisotopic (exact) mass is 192 g/mol. The van der Waals surface area contributed by atoms with Crippen molar-refractivity contribution in [3.05, 3.63) is 0 Å². The fraction of sp³-hybridized carbons (Fsp3) is 0. The van der Waals surface area contributed by atoms with Gasteiger partial charge in [-0.05, 0) is 0 Å². The Hall–Kier alpha value is 2.66. The second kappa shape index (κ2) is 9.66. The van der Waals surface area contributed by atoms with Gasteiger partial charge in [-0.2, -0.15) is 8.42 Å². The van der Waals surface area contributed by atoms with Crippen molar-refractivity contribution < 1.29 is 17.5 Å². The minimum absolute atomic E-state index is 0. The normalized spacial score (nSPS) is 7.25. The van der Waals surface area contributed by atoms with Crippen molar-refractivity contribution >= 4 is 94.2 Å². The van der Waals surface area contributed by atoms with Crippen LogP contribution >= 0.6 is 0 Å². The van der Waals surface area contributed by atoms with Gasteiger partial charge in [0.25, 0.3) is 0 Å². The molecule has 2 N–H and O–H groups in total. The second-order valence-corrected chi connectivity index (χ2v) is 1.34. The standard InChI is InChI=1S/Ca.2Mg.H2O4S.6H/c;;;1-5(2,3)4;;;;;;/h;;;(H2,1,2,3,4);;;;;;. The van der Waals surface area contributed by atoms with Gasteiger partial charge in [-0.25, -0.2) is 0 Å². The fourth-order valence-electron chi connectivity index (χ4n) is 0. The number of rotatable bonds is 0. The topological polar surface area (TPSA) is 74.6 Å². The van der Waals surface area contributed by atoms with E-state index in [1.54, 1.807) is 0 Å². The molecule has 0 heterocycles. The van der Waals surface area contributed by atoms with Crippen LogP contribution in [0.1, 0.15) is 0 Å². The zero-order valence-electron chi connectivity index (χ0n) is 2.12. The fourth-order valence-corrected chi connectivity index (χ4v) is 0. The van der Waals surface area contributed by atoms with E-state index < -0.39 is 10.4 Å². The molecule has 0 atom stereocenters. The van der Waals surface area contributed by atoms with Gasteiger partial charge in [-0.1, -0.05) is 0 Å². The molecule has 0 amide bonds. The summed E-state index contributed by atoms with van der Waals surface area (Å²) in [5.74, 6) is 0. The van der Waals surface area contributed by atoms with Crippen LogP contribution in [0.15, 0.2) is 0 Å². The third kappa shape index (κ3) is 71.8. The van der Waals surface area contributed by atoms with E-state index in [0.29, 0.717) is 0 Å². The summed E-state index contributed by atoms with van der Waals surface area (Å²) in [6.45, 7) is 0. The Morgan fingerprint density at radius 3 is 1.00 bits per heavy atom. The van der Waals surface area contributed by atoms with Crippen molar-refractivity contribution in [1.29, 1.82) is 0 Å². The molecular weight excluding hydrogens is 185 g/mol. The molecule has 0 saturated heterocycles. The van der Waals surface area contributed by atoms with E-state index in [0.717, 1.165) is 0 Å². The van der Waals surface area contributed by atoms with Crippen molar-refractivity contribution in [2.24, 2.45) is 0 Å². The van der Waals surface area contributed by atoms with Crippen LogP contribution in [0.2, 0.25) is 0 Å². The minimum atomic E-state index is -4.67. The summed E-state index contributed by atoms with van der Waals surface area (Å²) >= 11 is 0. The van der Waals surface area contributed by atoms with E-state index in [1.165, 1.54) is 0 Å². The first-order valence-corrected chi connectivity index (χ1v) is 2.10. The van der Waals surface area contributed by atoms with Gasteiger partial charge >= 0.3 is 94.2 Å². The van der Waals surface area contributed by atoms with E-state index in [-0.39, 0.29) is 83.8 Å². The second-order valence-electron chi connectivity index (χ2n) is 0.448. The summed E-state index contributed by atoms with van der Waals surface area (Å²) in [5.41, 5.74) is 0. The first kappa shape index (κ1) is 22.4. The predicted molar refractivity (Wildman–Crippen MR) is 39.8 cm³/mol. The Labute approximate surface area is 110 Å². The van der Waals surface area contributed by atoms with Crippen LogP contribution in [0.4, 0.5) is 0 Å². The molecule has 8 heavy (non-hydrogen) atoms. The van der Waals surface area contributed by atoms with Crippen molar-refractivity contribution in [2.75, 3.05) is 0 Å². The Bertz CT molecular complexity index is 97.2. The molecule has 0 aliphatic carbocycles. The van der Waals surface area contributed by atoms with Gasteiger partial charge in [0.1, 0.15) is 0 Å². The summed E-state index contributed by atoms with van der Waals surface area (Å²) in [6, 6.07) is 0. The molecule has 0 aromatic carbocycles. The molecule has 0 radical (unpaired) electrons. The van der Waals surface area contributed by atoms with E-state index in [2.05, 4.69) is 0 Å². The zero-order valence-corrected chi connectivity index (χ0v) is 2.94.